The van der Waals surface area contributed by atoms with Crippen molar-refractivity contribution in [3.8, 4) is 0 Å². The summed E-state index contributed by atoms with van der Waals surface area (Å²) < 4.78 is 10.0. The van der Waals surface area contributed by atoms with Crippen LogP contribution in [0.1, 0.15) is 32.5 Å². The topological polar surface area (TPSA) is 65.2 Å². The zero-order valence-electron chi connectivity index (χ0n) is 9.32. The molecule has 0 aliphatic heterocycles. The fraction of sp³-hybridized carbons (Fsp3) is 0.700. The van der Waals surface area contributed by atoms with Gasteiger partial charge in [-0.25, -0.2) is 0 Å². The van der Waals surface area contributed by atoms with E-state index < -0.39 is 0 Å². The van der Waals surface area contributed by atoms with Gasteiger partial charge in [0.25, 0.3) is 0 Å². The maximum absolute atomic E-state index is 11.4. The van der Waals surface area contributed by atoms with Gasteiger partial charge in [-0.1, -0.05) is 19.0 Å². The van der Waals surface area contributed by atoms with E-state index in [1.54, 1.807) is 0 Å². The minimum absolute atomic E-state index is 0.00718. The van der Waals surface area contributed by atoms with E-state index in [1.807, 2.05) is 20.8 Å². The van der Waals surface area contributed by atoms with E-state index in [0.717, 1.165) is 0 Å². The Morgan fingerprint density at radius 2 is 2.27 bits per heavy atom. The number of nitrogens with zero attached hydrogens (tertiary/aromatic N) is 2. The standard InChI is InChI=1S/C10H16N2O3/c1-4-14-6-9-11-10(15-12-9)5-8(13)7(2)3/h7H,4-6H2,1-3H3. The van der Waals surface area contributed by atoms with Gasteiger partial charge in [0, 0.05) is 12.5 Å². The van der Waals surface area contributed by atoms with Crippen LogP contribution in [-0.2, 0) is 22.6 Å². The minimum Gasteiger partial charge on any atom is -0.374 e. The molecule has 0 aromatic carbocycles. The van der Waals surface area contributed by atoms with Crippen LogP contribution < -0.4 is 0 Å². The van der Waals surface area contributed by atoms with Gasteiger partial charge in [0.2, 0.25) is 5.89 Å². The van der Waals surface area contributed by atoms with Gasteiger partial charge in [0.1, 0.15) is 12.4 Å². The Morgan fingerprint density at radius 3 is 2.87 bits per heavy atom. The first-order valence-corrected chi connectivity index (χ1v) is 5.05. The number of Topliss-reactive ketones (excluding diaryl/α,β-unsaturated/α-hetero) is 1. The molecule has 0 aliphatic rings. The molecular weight excluding hydrogens is 196 g/mol. The number of carbonyl (C=O) groups excluding carboxylic acids is 1. The van der Waals surface area contributed by atoms with Crippen LogP contribution >= 0.6 is 0 Å². The average Bonchev–Trinajstić information content (AvgIpc) is 2.62. The summed E-state index contributed by atoms with van der Waals surface area (Å²) in [5.41, 5.74) is 0. The SMILES string of the molecule is CCOCc1noc(CC(=O)C(C)C)n1. The van der Waals surface area contributed by atoms with Crippen molar-refractivity contribution < 1.29 is 14.1 Å². The van der Waals surface area contributed by atoms with Crippen LogP contribution in [0, 0.1) is 5.92 Å². The number of ether oxygens (including phenoxy) is 1. The van der Waals surface area contributed by atoms with Crippen LogP contribution in [0.3, 0.4) is 0 Å². The number of hydrogen-bond donors (Lipinski definition) is 0. The number of aromatic nitrogens is 2. The second-order valence-corrected chi connectivity index (χ2v) is 3.54. The number of rotatable bonds is 6. The second-order valence-electron chi connectivity index (χ2n) is 3.54. The van der Waals surface area contributed by atoms with Crippen LogP contribution in [0.15, 0.2) is 4.52 Å². The minimum atomic E-state index is -0.00718. The molecule has 0 unspecified atom stereocenters. The average molecular weight is 212 g/mol. The van der Waals surface area contributed by atoms with Gasteiger partial charge in [0.05, 0.1) is 6.42 Å². The van der Waals surface area contributed by atoms with Crippen molar-refractivity contribution in [1.29, 1.82) is 0 Å². The Morgan fingerprint density at radius 1 is 1.53 bits per heavy atom. The zero-order valence-corrected chi connectivity index (χ0v) is 9.32. The molecule has 0 N–H and O–H groups in total. The highest BCUT2D eigenvalue weighted by molar-refractivity contribution is 5.81. The molecule has 0 saturated heterocycles. The molecule has 1 aromatic heterocycles. The predicted molar refractivity (Wildman–Crippen MR) is 53.2 cm³/mol. The molecule has 0 spiro atoms. The molecule has 0 bridgehead atoms. The van der Waals surface area contributed by atoms with Crippen LogP contribution in [0.25, 0.3) is 0 Å². The quantitative estimate of drug-likeness (QED) is 0.712. The van der Waals surface area contributed by atoms with E-state index in [0.29, 0.717) is 24.9 Å². The highest BCUT2D eigenvalue weighted by atomic mass is 16.5. The highest BCUT2D eigenvalue weighted by Gasteiger charge is 2.13. The summed E-state index contributed by atoms with van der Waals surface area (Å²) in [5, 5.41) is 3.70. The lowest BCUT2D eigenvalue weighted by molar-refractivity contribution is -0.121. The van der Waals surface area contributed by atoms with Gasteiger partial charge in [0.15, 0.2) is 5.82 Å². The fourth-order valence-corrected chi connectivity index (χ4v) is 0.967. The molecule has 0 radical (unpaired) electrons. The molecule has 5 heteroatoms. The fourth-order valence-electron chi connectivity index (χ4n) is 0.967. The van der Waals surface area contributed by atoms with Crippen LogP contribution in [0.5, 0.6) is 0 Å². The Hall–Kier alpha value is -1.23. The van der Waals surface area contributed by atoms with Crippen molar-refractivity contribution in [2.45, 2.75) is 33.8 Å². The number of ketones is 1. The number of carbonyl (C=O) groups is 1. The van der Waals surface area contributed by atoms with Gasteiger partial charge in [-0.05, 0) is 6.92 Å². The number of hydrogen-bond acceptors (Lipinski definition) is 5. The highest BCUT2D eigenvalue weighted by Crippen LogP contribution is 2.04. The lowest BCUT2D eigenvalue weighted by Crippen LogP contribution is -2.10. The predicted octanol–water partition coefficient (Wildman–Crippen LogP) is 1.37. The van der Waals surface area contributed by atoms with E-state index in [4.69, 9.17) is 9.26 Å². The Balaban J connectivity index is 2.49. The van der Waals surface area contributed by atoms with Crippen molar-refractivity contribution in [1.82, 2.24) is 10.1 Å². The molecule has 0 saturated carbocycles. The lowest BCUT2D eigenvalue weighted by Gasteiger charge is -1.98. The molecule has 15 heavy (non-hydrogen) atoms. The molecule has 0 fully saturated rings. The first kappa shape index (κ1) is 11.8. The first-order valence-electron chi connectivity index (χ1n) is 5.05. The zero-order chi connectivity index (χ0) is 11.3. The van der Waals surface area contributed by atoms with Gasteiger partial charge in [-0.15, -0.1) is 0 Å². The summed E-state index contributed by atoms with van der Waals surface area (Å²) in [5.74, 6) is 0.945. The van der Waals surface area contributed by atoms with Crippen molar-refractivity contribution in [2.24, 2.45) is 5.92 Å². The summed E-state index contributed by atoms with van der Waals surface area (Å²) in [6.45, 7) is 6.52. The van der Waals surface area contributed by atoms with Crippen molar-refractivity contribution in [3.63, 3.8) is 0 Å². The summed E-state index contributed by atoms with van der Waals surface area (Å²) in [7, 11) is 0. The molecular formula is C10H16N2O3. The summed E-state index contributed by atoms with van der Waals surface area (Å²) >= 11 is 0. The summed E-state index contributed by atoms with van der Waals surface area (Å²) in [6, 6.07) is 0. The Kier molecular flexibility index (Phi) is 4.42. The maximum atomic E-state index is 11.4. The maximum Gasteiger partial charge on any atom is 0.234 e. The van der Waals surface area contributed by atoms with E-state index in [2.05, 4.69) is 10.1 Å². The van der Waals surface area contributed by atoms with Gasteiger partial charge >= 0.3 is 0 Å². The van der Waals surface area contributed by atoms with Crippen LogP contribution in [-0.4, -0.2) is 22.5 Å². The molecule has 0 aliphatic carbocycles. The third-order valence-corrected chi connectivity index (χ3v) is 1.91. The largest absolute Gasteiger partial charge is 0.374 e. The molecule has 5 nitrogen and oxygen atoms in total. The smallest absolute Gasteiger partial charge is 0.234 e. The van der Waals surface area contributed by atoms with E-state index in [1.165, 1.54) is 0 Å². The Labute approximate surface area is 88.8 Å². The third-order valence-electron chi connectivity index (χ3n) is 1.91. The molecule has 84 valence electrons. The van der Waals surface area contributed by atoms with Crippen LogP contribution in [0.2, 0.25) is 0 Å². The van der Waals surface area contributed by atoms with E-state index >= 15 is 0 Å². The van der Waals surface area contributed by atoms with Gasteiger partial charge < -0.3 is 9.26 Å². The first-order chi connectivity index (χ1) is 7.13. The molecule has 0 amide bonds. The normalized spacial score (nSPS) is 10.9. The van der Waals surface area contributed by atoms with Crippen molar-refractivity contribution >= 4 is 5.78 Å². The summed E-state index contributed by atoms with van der Waals surface area (Å²) in [6.07, 6.45) is 0.205. The van der Waals surface area contributed by atoms with Crippen molar-refractivity contribution in [2.75, 3.05) is 6.61 Å². The summed E-state index contributed by atoms with van der Waals surface area (Å²) in [4.78, 5) is 15.4. The van der Waals surface area contributed by atoms with Crippen LogP contribution in [0.4, 0.5) is 0 Å². The monoisotopic (exact) mass is 212 g/mol. The van der Waals surface area contributed by atoms with E-state index in [9.17, 15) is 4.79 Å². The van der Waals surface area contributed by atoms with E-state index in [-0.39, 0.29) is 18.1 Å². The van der Waals surface area contributed by atoms with Crippen molar-refractivity contribution in [3.05, 3.63) is 11.7 Å². The van der Waals surface area contributed by atoms with Gasteiger partial charge in [-0.3, -0.25) is 4.79 Å². The Bertz CT molecular complexity index is 320. The molecule has 1 heterocycles. The second kappa shape index (κ2) is 5.60. The molecule has 0 atom stereocenters. The van der Waals surface area contributed by atoms with Gasteiger partial charge in [-0.2, -0.15) is 4.98 Å². The molecule has 1 rings (SSSR count). The lowest BCUT2D eigenvalue weighted by atomic mass is 10.1. The molecule has 1 aromatic rings. The third kappa shape index (κ3) is 3.79.